The second kappa shape index (κ2) is 7.27. The van der Waals surface area contributed by atoms with Crippen molar-refractivity contribution in [3.63, 3.8) is 0 Å². The van der Waals surface area contributed by atoms with Crippen molar-refractivity contribution < 1.29 is 19.4 Å². The Hall–Kier alpha value is -0.730. The van der Waals surface area contributed by atoms with E-state index in [0.29, 0.717) is 0 Å². The van der Waals surface area contributed by atoms with Gasteiger partial charge < -0.3 is 10.00 Å². The Kier molecular flexibility index (Phi) is 8.98. The van der Waals surface area contributed by atoms with Crippen LogP contribution in [0.3, 0.4) is 0 Å². The van der Waals surface area contributed by atoms with Gasteiger partial charge >= 0.3 is 14.7 Å². The van der Waals surface area contributed by atoms with Crippen LogP contribution in [0.5, 0.6) is 0 Å². The topological polar surface area (TPSA) is 74.6 Å². The molecule has 0 bridgehead atoms. The quantitative estimate of drug-likeness (QED) is 0.428. The summed E-state index contributed by atoms with van der Waals surface area (Å²) in [4.78, 5) is 16.6. The number of carboxylic acids is 1. The van der Waals surface area contributed by atoms with Gasteiger partial charge in [0.05, 0.1) is 0 Å². The lowest BCUT2D eigenvalue weighted by atomic mass is 10.4. The zero-order chi connectivity index (χ0) is 7.86. The van der Waals surface area contributed by atoms with E-state index in [1.807, 2.05) is 0 Å². The van der Waals surface area contributed by atoms with Crippen molar-refractivity contribution >= 4 is 14.7 Å². The van der Waals surface area contributed by atoms with Crippen LogP contribution >= 0.6 is 8.69 Å². The molecule has 9 heavy (non-hydrogen) atoms. The molecule has 0 atom stereocenters. The van der Waals surface area contributed by atoms with E-state index in [-0.39, 0.29) is 5.57 Å². The van der Waals surface area contributed by atoms with Gasteiger partial charge in [-0.2, -0.15) is 0 Å². The molecular weight excluding hydrogens is 143 g/mol. The number of hydrogen-bond donors (Lipinski definition) is 2. The molecule has 0 saturated carbocycles. The van der Waals surface area contributed by atoms with Crippen molar-refractivity contribution in [2.24, 2.45) is 0 Å². The molecule has 0 radical (unpaired) electrons. The summed E-state index contributed by atoms with van der Waals surface area (Å²) in [5.74, 6) is -0.935. The largest absolute Gasteiger partial charge is 0.478 e. The smallest absolute Gasteiger partial charge is 0.330 e. The van der Waals surface area contributed by atoms with E-state index < -0.39 is 14.7 Å². The highest BCUT2D eigenvalue weighted by molar-refractivity contribution is 7.16. The first-order valence-electron chi connectivity index (χ1n) is 1.91. The second-order valence-electron chi connectivity index (χ2n) is 1.17. The van der Waals surface area contributed by atoms with Crippen LogP contribution in [0.1, 0.15) is 6.92 Å². The lowest BCUT2D eigenvalue weighted by Crippen LogP contribution is -1.92. The minimum absolute atomic E-state index is 0.176. The molecule has 4 nitrogen and oxygen atoms in total. The van der Waals surface area contributed by atoms with E-state index in [1.165, 1.54) is 6.92 Å². The Balaban J connectivity index is 0. The Morgan fingerprint density at radius 1 is 1.67 bits per heavy atom. The number of carbonyl (C=O) groups is 1. The summed E-state index contributed by atoms with van der Waals surface area (Å²) in [5, 5.41) is 7.89. The zero-order valence-corrected chi connectivity index (χ0v) is 5.76. The third kappa shape index (κ3) is 18.9. The van der Waals surface area contributed by atoms with Crippen LogP contribution in [0.15, 0.2) is 12.2 Å². The van der Waals surface area contributed by atoms with Crippen LogP contribution < -0.4 is 0 Å². The lowest BCUT2D eigenvalue weighted by Gasteiger charge is -1.79. The summed E-state index contributed by atoms with van der Waals surface area (Å²) >= 11 is 0. The summed E-state index contributed by atoms with van der Waals surface area (Å²) in [6, 6.07) is 0. The molecule has 5 heteroatoms. The Labute approximate surface area is 54.1 Å². The molecule has 0 fully saturated rings. The van der Waals surface area contributed by atoms with Gasteiger partial charge in [-0.25, -0.2) is 9.36 Å². The number of carboxylic acid groups (broad SMARTS) is 1. The maximum atomic E-state index is 9.60. The van der Waals surface area contributed by atoms with Crippen molar-refractivity contribution in [1.29, 1.82) is 0 Å². The predicted octanol–water partition coefficient (Wildman–Crippen LogP) is 0.832. The van der Waals surface area contributed by atoms with E-state index in [9.17, 15) is 4.79 Å². The monoisotopic (exact) mass is 150 g/mol. The van der Waals surface area contributed by atoms with Gasteiger partial charge in [0.25, 0.3) is 0 Å². The van der Waals surface area contributed by atoms with Crippen molar-refractivity contribution in [1.82, 2.24) is 0 Å². The average Bonchev–Trinajstić information content (AvgIpc) is 1.68. The zero-order valence-electron chi connectivity index (χ0n) is 4.87. The number of hydrogen-bond acceptors (Lipinski definition) is 2. The number of rotatable bonds is 1. The maximum Gasteiger partial charge on any atom is 0.330 e. The minimum Gasteiger partial charge on any atom is -0.478 e. The molecule has 0 rings (SSSR count). The van der Waals surface area contributed by atoms with E-state index in [2.05, 4.69) is 6.58 Å². The van der Waals surface area contributed by atoms with Gasteiger partial charge in [0.2, 0.25) is 0 Å². The fourth-order valence-corrected chi connectivity index (χ4v) is 0. The van der Waals surface area contributed by atoms with Crippen LogP contribution in [0.2, 0.25) is 0 Å². The normalized spacial score (nSPS) is 7.33. The van der Waals surface area contributed by atoms with Crippen LogP contribution in [-0.2, 0) is 9.36 Å². The average molecular weight is 150 g/mol. The maximum absolute atomic E-state index is 9.60. The molecule has 52 valence electrons. The van der Waals surface area contributed by atoms with E-state index in [1.54, 1.807) is 0 Å². The third-order valence-electron chi connectivity index (χ3n) is 0.365. The van der Waals surface area contributed by atoms with E-state index in [4.69, 9.17) is 14.6 Å². The molecule has 0 aliphatic rings. The Morgan fingerprint density at radius 3 is 1.78 bits per heavy atom. The molecule has 0 aliphatic heterocycles. The first kappa shape index (κ1) is 11.1. The summed E-state index contributed by atoms with van der Waals surface area (Å²) in [6.07, 6.45) is 0. The molecule has 0 heterocycles. The van der Waals surface area contributed by atoms with Crippen molar-refractivity contribution in [2.45, 2.75) is 6.92 Å². The molecule has 0 aromatic heterocycles. The molecule has 0 aromatic rings. The summed E-state index contributed by atoms with van der Waals surface area (Å²) in [6.45, 7) is 4.60. The summed E-state index contributed by atoms with van der Waals surface area (Å²) in [5.41, 5.74) is 0.176. The van der Waals surface area contributed by atoms with Crippen LogP contribution in [-0.4, -0.2) is 16.0 Å². The van der Waals surface area contributed by atoms with Gasteiger partial charge in [0, 0.05) is 5.57 Å². The van der Waals surface area contributed by atoms with Gasteiger partial charge in [-0.1, -0.05) is 6.58 Å². The SMILES string of the molecule is C=C(C)C(=O)O.O=PO. The van der Waals surface area contributed by atoms with Gasteiger partial charge in [-0.3, -0.25) is 0 Å². The van der Waals surface area contributed by atoms with Crippen LogP contribution in [0, 0.1) is 0 Å². The number of aliphatic carboxylic acids is 1. The lowest BCUT2D eigenvalue weighted by molar-refractivity contribution is -0.132. The van der Waals surface area contributed by atoms with Gasteiger partial charge in [0.1, 0.15) is 0 Å². The van der Waals surface area contributed by atoms with Gasteiger partial charge in [0.15, 0.2) is 0 Å². The highest BCUT2D eigenvalue weighted by Crippen LogP contribution is 1.81. The van der Waals surface area contributed by atoms with Gasteiger partial charge in [-0.05, 0) is 6.92 Å². The predicted molar refractivity (Wildman–Crippen MR) is 32.3 cm³/mol. The molecule has 0 saturated heterocycles. The molecule has 0 unspecified atom stereocenters. The van der Waals surface area contributed by atoms with Crippen molar-refractivity contribution in [2.75, 3.05) is 0 Å². The first-order valence-corrected chi connectivity index (χ1v) is 2.68. The molecule has 0 aromatic carbocycles. The standard InChI is InChI=1S/C4H6O2.HO2P/c1-3(2)4(5)6;1-3-2/h1H2,2H3,(H,5,6);(H,1,2). The molecule has 2 N–H and O–H groups in total. The Bertz CT molecular complexity index is 108. The molecule has 0 spiro atoms. The second-order valence-corrected chi connectivity index (χ2v) is 1.33. The van der Waals surface area contributed by atoms with E-state index in [0.717, 1.165) is 0 Å². The third-order valence-corrected chi connectivity index (χ3v) is 0.365. The highest BCUT2D eigenvalue weighted by Gasteiger charge is 1.90. The molecule has 0 aliphatic carbocycles. The van der Waals surface area contributed by atoms with Crippen LogP contribution in [0.4, 0.5) is 0 Å². The highest BCUT2D eigenvalue weighted by atomic mass is 31.1. The van der Waals surface area contributed by atoms with E-state index >= 15 is 0 Å². The summed E-state index contributed by atoms with van der Waals surface area (Å²) < 4.78 is 8.46. The van der Waals surface area contributed by atoms with Crippen LogP contribution in [0.25, 0.3) is 0 Å². The molecule has 0 amide bonds. The first-order chi connectivity index (χ1) is 4.06. The molecular formula is C4H7O4P. The fraction of sp³-hybridized carbons (Fsp3) is 0.250. The Morgan fingerprint density at radius 2 is 1.78 bits per heavy atom. The minimum atomic E-state index is -0.935. The van der Waals surface area contributed by atoms with Crippen molar-refractivity contribution in [3.05, 3.63) is 12.2 Å². The fourth-order valence-electron chi connectivity index (χ4n) is 0. The van der Waals surface area contributed by atoms with Crippen molar-refractivity contribution in [3.8, 4) is 0 Å². The summed E-state index contributed by atoms with van der Waals surface area (Å²) in [7, 11) is -0.833. The van der Waals surface area contributed by atoms with Gasteiger partial charge in [-0.15, -0.1) is 0 Å².